The summed E-state index contributed by atoms with van der Waals surface area (Å²) >= 11 is 0. The number of carbonyl (C=O) groups is 1. The van der Waals surface area contributed by atoms with Gasteiger partial charge in [0, 0.05) is 5.69 Å². The molecule has 0 aliphatic carbocycles. The molecule has 0 aliphatic heterocycles. The van der Waals surface area contributed by atoms with E-state index in [1.807, 2.05) is 6.07 Å². The molecular formula is C13H8FN3O2. The quantitative estimate of drug-likeness (QED) is 0.882. The Morgan fingerprint density at radius 3 is 2.58 bits per heavy atom. The number of hydrogen-bond acceptors (Lipinski definition) is 4. The Hall–Kier alpha value is -2.94. The zero-order chi connectivity index (χ0) is 13.8. The van der Waals surface area contributed by atoms with Gasteiger partial charge < -0.3 is 10.4 Å². The van der Waals surface area contributed by atoms with Crippen LogP contribution in [0.5, 0.6) is 0 Å². The fourth-order valence-electron chi connectivity index (χ4n) is 1.47. The molecule has 2 rings (SSSR count). The fourth-order valence-corrected chi connectivity index (χ4v) is 1.47. The molecule has 0 unspecified atom stereocenters. The van der Waals surface area contributed by atoms with Crippen molar-refractivity contribution in [3.63, 3.8) is 0 Å². The number of benzene rings is 1. The van der Waals surface area contributed by atoms with Crippen molar-refractivity contribution in [2.24, 2.45) is 0 Å². The maximum absolute atomic E-state index is 13.4. The Morgan fingerprint density at radius 1 is 1.32 bits per heavy atom. The summed E-state index contributed by atoms with van der Waals surface area (Å²) in [6.45, 7) is 0. The lowest BCUT2D eigenvalue weighted by molar-refractivity contribution is 0.0692. The van der Waals surface area contributed by atoms with Gasteiger partial charge in [0.2, 0.25) is 0 Å². The molecule has 2 N–H and O–H groups in total. The standard InChI is InChI=1S/C13H8FN3O2/c14-12-5-8(3-4-11(12)13(18)19)17-10-2-1-9(6-15)16-7-10/h1-5,7,17H,(H,18,19). The lowest BCUT2D eigenvalue weighted by atomic mass is 10.2. The van der Waals surface area contributed by atoms with Gasteiger partial charge in [0.1, 0.15) is 17.6 Å². The van der Waals surface area contributed by atoms with E-state index in [0.29, 0.717) is 11.4 Å². The Kier molecular flexibility index (Phi) is 3.39. The molecule has 0 amide bonds. The van der Waals surface area contributed by atoms with E-state index in [2.05, 4.69) is 10.3 Å². The smallest absolute Gasteiger partial charge is 0.338 e. The maximum atomic E-state index is 13.4. The molecule has 1 aromatic heterocycles. The summed E-state index contributed by atoms with van der Waals surface area (Å²) < 4.78 is 13.4. The summed E-state index contributed by atoms with van der Waals surface area (Å²) in [6.07, 6.45) is 1.43. The molecule has 0 aliphatic rings. The van der Waals surface area contributed by atoms with Crippen LogP contribution in [0.25, 0.3) is 0 Å². The minimum Gasteiger partial charge on any atom is -0.478 e. The largest absolute Gasteiger partial charge is 0.478 e. The number of aromatic carboxylic acids is 1. The zero-order valence-corrected chi connectivity index (χ0v) is 9.59. The van der Waals surface area contributed by atoms with Crippen molar-refractivity contribution in [2.75, 3.05) is 5.32 Å². The third kappa shape index (κ3) is 2.84. The SMILES string of the molecule is N#Cc1ccc(Nc2ccc(C(=O)O)c(F)c2)cn1. The van der Waals surface area contributed by atoms with E-state index in [4.69, 9.17) is 10.4 Å². The van der Waals surface area contributed by atoms with Crippen LogP contribution in [0.3, 0.4) is 0 Å². The Labute approximate surface area is 108 Å². The highest BCUT2D eigenvalue weighted by molar-refractivity contribution is 5.88. The number of pyridine rings is 1. The number of halogens is 1. The molecule has 0 atom stereocenters. The number of aromatic nitrogens is 1. The minimum absolute atomic E-state index is 0.276. The summed E-state index contributed by atoms with van der Waals surface area (Å²) in [5, 5.41) is 20.2. The first-order chi connectivity index (χ1) is 9.10. The van der Waals surface area contributed by atoms with Gasteiger partial charge in [-0.1, -0.05) is 0 Å². The third-order valence-corrected chi connectivity index (χ3v) is 2.37. The van der Waals surface area contributed by atoms with E-state index in [9.17, 15) is 9.18 Å². The van der Waals surface area contributed by atoms with Gasteiger partial charge in [-0.3, -0.25) is 0 Å². The van der Waals surface area contributed by atoms with Gasteiger partial charge in [0.25, 0.3) is 0 Å². The number of anilines is 2. The van der Waals surface area contributed by atoms with Crippen LogP contribution in [0.4, 0.5) is 15.8 Å². The molecule has 19 heavy (non-hydrogen) atoms. The van der Waals surface area contributed by atoms with Crippen LogP contribution in [0.1, 0.15) is 16.1 Å². The number of rotatable bonds is 3. The molecule has 94 valence electrons. The molecule has 1 aromatic carbocycles. The van der Waals surface area contributed by atoms with E-state index in [1.165, 1.54) is 24.4 Å². The summed E-state index contributed by atoms with van der Waals surface area (Å²) in [5.74, 6) is -2.14. The van der Waals surface area contributed by atoms with Crippen molar-refractivity contribution in [1.29, 1.82) is 5.26 Å². The molecule has 0 fully saturated rings. The highest BCUT2D eigenvalue weighted by atomic mass is 19.1. The second-order valence-electron chi connectivity index (χ2n) is 3.67. The normalized spacial score (nSPS) is 9.68. The highest BCUT2D eigenvalue weighted by Crippen LogP contribution is 2.19. The second-order valence-corrected chi connectivity index (χ2v) is 3.67. The number of nitrogens with one attached hydrogen (secondary N) is 1. The van der Waals surface area contributed by atoms with Crippen LogP contribution < -0.4 is 5.32 Å². The minimum atomic E-state index is -1.32. The molecule has 0 saturated heterocycles. The van der Waals surface area contributed by atoms with Gasteiger partial charge in [-0.2, -0.15) is 5.26 Å². The van der Waals surface area contributed by atoms with Crippen LogP contribution in [0.15, 0.2) is 36.5 Å². The first-order valence-corrected chi connectivity index (χ1v) is 5.26. The average Bonchev–Trinajstić information content (AvgIpc) is 2.39. The Balaban J connectivity index is 2.21. The van der Waals surface area contributed by atoms with Crippen LogP contribution in [0.2, 0.25) is 0 Å². The highest BCUT2D eigenvalue weighted by Gasteiger charge is 2.10. The number of carboxylic acid groups (broad SMARTS) is 1. The average molecular weight is 257 g/mol. The molecule has 6 heteroatoms. The summed E-state index contributed by atoms with van der Waals surface area (Å²) in [5.41, 5.74) is 0.858. The second kappa shape index (κ2) is 5.14. The van der Waals surface area contributed by atoms with Crippen molar-refractivity contribution in [2.45, 2.75) is 0 Å². The van der Waals surface area contributed by atoms with Crippen LogP contribution in [-0.2, 0) is 0 Å². The van der Waals surface area contributed by atoms with E-state index in [-0.39, 0.29) is 11.3 Å². The molecule has 0 bridgehead atoms. The van der Waals surface area contributed by atoms with Crippen LogP contribution in [0, 0.1) is 17.1 Å². The number of carboxylic acids is 1. The van der Waals surface area contributed by atoms with Gasteiger partial charge in [-0.05, 0) is 30.3 Å². The number of nitrogens with zero attached hydrogens (tertiary/aromatic N) is 2. The van der Waals surface area contributed by atoms with Crippen molar-refractivity contribution in [3.05, 3.63) is 53.6 Å². The van der Waals surface area contributed by atoms with Gasteiger partial charge in [0.15, 0.2) is 0 Å². The molecule has 1 heterocycles. The van der Waals surface area contributed by atoms with Crippen molar-refractivity contribution < 1.29 is 14.3 Å². The first kappa shape index (κ1) is 12.5. The van der Waals surface area contributed by atoms with E-state index < -0.39 is 11.8 Å². The predicted molar refractivity (Wildman–Crippen MR) is 65.6 cm³/mol. The molecule has 0 saturated carbocycles. The fraction of sp³-hybridized carbons (Fsp3) is 0. The topological polar surface area (TPSA) is 86.0 Å². The summed E-state index contributed by atoms with van der Waals surface area (Å²) in [6, 6.07) is 8.73. The number of hydrogen-bond donors (Lipinski definition) is 2. The maximum Gasteiger partial charge on any atom is 0.338 e. The van der Waals surface area contributed by atoms with E-state index >= 15 is 0 Å². The molecule has 0 radical (unpaired) electrons. The molecule has 5 nitrogen and oxygen atoms in total. The lowest BCUT2D eigenvalue weighted by Gasteiger charge is -2.07. The summed E-state index contributed by atoms with van der Waals surface area (Å²) in [4.78, 5) is 14.5. The monoisotopic (exact) mass is 257 g/mol. The van der Waals surface area contributed by atoms with E-state index in [1.54, 1.807) is 6.07 Å². The number of nitriles is 1. The van der Waals surface area contributed by atoms with Crippen molar-refractivity contribution in [3.8, 4) is 6.07 Å². The van der Waals surface area contributed by atoms with Crippen LogP contribution >= 0.6 is 0 Å². The molecular weight excluding hydrogens is 249 g/mol. The van der Waals surface area contributed by atoms with Gasteiger partial charge >= 0.3 is 5.97 Å². The van der Waals surface area contributed by atoms with Crippen molar-refractivity contribution in [1.82, 2.24) is 4.98 Å². The van der Waals surface area contributed by atoms with Gasteiger partial charge in [-0.15, -0.1) is 0 Å². The van der Waals surface area contributed by atoms with Gasteiger partial charge in [0.05, 0.1) is 17.4 Å². The van der Waals surface area contributed by atoms with Crippen LogP contribution in [-0.4, -0.2) is 16.1 Å². The van der Waals surface area contributed by atoms with Crippen molar-refractivity contribution >= 4 is 17.3 Å². The summed E-state index contributed by atoms with van der Waals surface area (Å²) in [7, 11) is 0. The predicted octanol–water partition coefficient (Wildman–Crippen LogP) is 2.53. The first-order valence-electron chi connectivity index (χ1n) is 5.26. The van der Waals surface area contributed by atoms with Gasteiger partial charge in [-0.25, -0.2) is 14.2 Å². The molecule has 0 spiro atoms. The van der Waals surface area contributed by atoms with E-state index in [0.717, 1.165) is 6.07 Å². The molecule has 2 aromatic rings. The Bertz CT molecular complexity index is 663. The lowest BCUT2D eigenvalue weighted by Crippen LogP contribution is -2.01. The Morgan fingerprint density at radius 2 is 2.05 bits per heavy atom. The zero-order valence-electron chi connectivity index (χ0n) is 9.59. The third-order valence-electron chi connectivity index (χ3n) is 2.37.